The average Bonchev–Trinajstić information content (AvgIpc) is 2.27. The number of piperidine rings is 1. The van der Waals surface area contributed by atoms with Gasteiger partial charge < -0.3 is 9.64 Å². The Bertz CT molecular complexity index is 314. The van der Waals surface area contributed by atoms with Gasteiger partial charge in [0.1, 0.15) is 0 Å². The van der Waals surface area contributed by atoms with Gasteiger partial charge >= 0.3 is 5.97 Å². The molecule has 1 rings (SSSR count). The Labute approximate surface area is 101 Å². The number of hydrogen-bond acceptors (Lipinski definition) is 4. The predicted molar refractivity (Wildman–Crippen MR) is 61.3 cm³/mol. The molecular weight excluding hydrogens is 222 g/mol. The van der Waals surface area contributed by atoms with Crippen molar-refractivity contribution < 1.29 is 19.1 Å². The fraction of sp³-hybridized carbons (Fsp3) is 0.750. The molecule has 5 nitrogen and oxygen atoms in total. The molecule has 0 spiro atoms. The number of carbonyl (C=O) groups is 3. The van der Waals surface area contributed by atoms with E-state index in [4.69, 9.17) is 4.74 Å². The molecule has 1 unspecified atom stereocenters. The molecule has 0 bridgehead atoms. The molecule has 17 heavy (non-hydrogen) atoms. The van der Waals surface area contributed by atoms with Gasteiger partial charge in [0.2, 0.25) is 5.91 Å². The van der Waals surface area contributed by atoms with E-state index in [1.165, 1.54) is 6.92 Å². The van der Waals surface area contributed by atoms with Crippen LogP contribution in [0.1, 0.15) is 39.5 Å². The van der Waals surface area contributed by atoms with E-state index < -0.39 is 6.04 Å². The standard InChI is InChI=1S/C12H19NO4/c1-3-17-12(16)7-6-10-11(15)5-4-8-13(10)9(2)14/h10H,3-8H2,1-2H3. The third-order valence-corrected chi connectivity index (χ3v) is 2.90. The summed E-state index contributed by atoms with van der Waals surface area (Å²) in [5.74, 6) is -0.364. The highest BCUT2D eigenvalue weighted by Gasteiger charge is 2.31. The highest BCUT2D eigenvalue weighted by atomic mass is 16.5. The lowest BCUT2D eigenvalue weighted by atomic mass is 9.96. The zero-order chi connectivity index (χ0) is 12.8. The molecular formula is C12H19NO4. The van der Waals surface area contributed by atoms with Gasteiger partial charge in [0.15, 0.2) is 5.78 Å². The van der Waals surface area contributed by atoms with Gasteiger partial charge in [-0.3, -0.25) is 14.4 Å². The Balaban J connectivity index is 2.54. The second kappa shape index (κ2) is 6.37. The summed E-state index contributed by atoms with van der Waals surface area (Å²) in [6, 6.07) is -0.439. The van der Waals surface area contributed by atoms with Gasteiger partial charge in [0.25, 0.3) is 0 Å². The van der Waals surface area contributed by atoms with Crippen molar-refractivity contribution in [2.24, 2.45) is 0 Å². The topological polar surface area (TPSA) is 63.7 Å². The minimum absolute atomic E-state index is 0.0516. The monoisotopic (exact) mass is 241 g/mol. The zero-order valence-corrected chi connectivity index (χ0v) is 10.4. The van der Waals surface area contributed by atoms with Gasteiger partial charge in [-0.05, 0) is 19.8 Å². The van der Waals surface area contributed by atoms with Crippen LogP contribution in [0.3, 0.4) is 0 Å². The maximum atomic E-state index is 11.7. The molecule has 1 aliphatic heterocycles. The maximum Gasteiger partial charge on any atom is 0.305 e. The predicted octanol–water partition coefficient (Wildman–Crippen LogP) is 0.910. The minimum Gasteiger partial charge on any atom is -0.466 e. The molecule has 1 heterocycles. The first-order valence-corrected chi connectivity index (χ1v) is 6.01. The molecule has 0 aromatic rings. The van der Waals surface area contributed by atoms with Crippen LogP contribution < -0.4 is 0 Å². The van der Waals surface area contributed by atoms with Gasteiger partial charge in [-0.2, -0.15) is 0 Å². The highest BCUT2D eigenvalue weighted by Crippen LogP contribution is 2.18. The minimum atomic E-state index is -0.439. The van der Waals surface area contributed by atoms with Crippen molar-refractivity contribution in [1.29, 1.82) is 0 Å². The van der Waals surface area contributed by atoms with Crippen LogP contribution in [-0.4, -0.2) is 41.8 Å². The summed E-state index contributed by atoms with van der Waals surface area (Å²) in [6.45, 7) is 4.14. The van der Waals surface area contributed by atoms with Crippen molar-refractivity contribution in [2.45, 2.75) is 45.6 Å². The summed E-state index contributed by atoms with van der Waals surface area (Å²) in [4.78, 5) is 35.9. The van der Waals surface area contributed by atoms with Gasteiger partial charge in [0.05, 0.1) is 12.6 Å². The van der Waals surface area contributed by atoms with Crippen molar-refractivity contribution in [3.05, 3.63) is 0 Å². The van der Waals surface area contributed by atoms with E-state index in [9.17, 15) is 14.4 Å². The lowest BCUT2D eigenvalue weighted by Gasteiger charge is -2.33. The lowest BCUT2D eigenvalue weighted by molar-refractivity contribution is -0.146. The van der Waals surface area contributed by atoms with Gasteiger partial charge in [-0.15, -0.1) is 0 Å². The smallest absolute Gasteiger partial charge is 0.305 e. The maximum absolute atomic E-state index is 11.7. The van der Waals surface area contributed by atoms with Crippen LogP contribution in [0.2, 0.25) is 0 Å². The molecule has 1 fully saturated rings. The number of amides is 1. The van der Waals surface area contributed by atoms with Crippen LogP contribution in [0, 0.1) is 0 Å². The fourth-order valence-corrected chi connectivity index (χ4v) is 2.10. The summed E-state index contributed by atoms with van der Waals surface area (Å²) < 4.78 is 4.81. The highest BCUT2D eigenvalue weighted by molar-refractivity contribution is 5.89. The van der Waals surface area contributed by atoms with Gasteiger partial charge in [-0.1, -0.05) is 0 Å². The summed E-state index contributed by atoms with van der Waals surface area (Å²) in [6.07, 6.45) is 1.77. The Hall–Kier alpha value is -1.39. The Morgan fingerprint density at radius 1 is 1.47 bits per heavy atom. The first kappa shape index (κ1) is 13.7. The molecule has 96 valence electrons. The van der Waals surface area contributed by atoms with E-state index >= 15 is 0 Å². The number of nitrogens with zero attached hydrogens (tertiary/aromatic N) is 1. The van der Waals surface area contributed by atoms with Crippen molar-refractivity contribution in [3.8, 4) is 0 Å². The molecule has 1 saturated heterocycles. The second-order valence-corrected chi connectivity index (χ2v) is 4.14. The molecule has 0 N–H and O–H groups in total. The number of rotatable bonds is 4. The summed E-state index contributed by atoms with van der Waals surface area (Å²) >= 11 is 0. The fourth-order valence-electron chi connectivity index (χ4n) is 2.10. The summed E-state index contributed by atoms with van der Waals surface area (Å²) in [7, 11) is 0. The Morgan fingerprint density at radius 3 is 2.76 bits per heavy atom. The van der Waals surface area contributed by atoms with E-state index in [0.717, 1.165) is 0 Å². The number of carbonyl (C=O) groups excluding carboxylic acids is 3. The number of esters is 1. The lowest BCUT2D eigenvalue weighted by Crippen LogP contribution is -2.48. The molecule has 1 atom stereocenters. The molecule has 0 aliphatic carbocycles. The van der Waals surface area contributed by atoms with E-state index in [1.807, 2.05) is 0 Å². The molecule has 1 aliphatic rings. The Morgan fingerprint density at radius 2 is 2.18 bits per heavy atom. The molecule has 1 amide bonds. The normalized spacial score (nSPS) is 20.2. The van der Waals surface area contributed by atoms with Crippen molar-refractivity contribution in [1.82, 2.24) is 4.90 Å². The van der Waals surface area contributed by atoms with E-state index in [-0.39, 0.29) is 24.1 Å². The van der Waals surface area contributed by atoms with E-state index in [1.54, 1.807) is 11.8 Å². The van der Waals surface area contributed by atoms with Gasteiger partial charge in [-0.25, -0.2) is 0 Å². The number of ketones is 1. The van der Waals surface area contributed by atoms with Crippen LogP contribution in [0.15, 0.2) is 0 Å². The van der Waals surface area contributed by atoms with Crippen molar-refractivity contribution >= 4 is 17.7 Å². The number of ether oxygens (including phenoxy) is 1. The average molecular weight is 241 g/mol. The van der Waals surface area contributed by atoms with Crippen LogP contribution in [0.25, 0.3) is 0 Å². The van der Waals surface area contributed by atoms with E-state index in [2.05, 4.69) is 0 Å². The van der Waals surface area contributed by atoms with Crippen molar-refractivity contribution in [3.63, 3.8) is 0 Å². The Kier molecular flexibility index (Phi) is 5.12. The van der Waals surface area contributed by atoms with Crippen LogP contribution >= 0.6 is 0 Å². The van der Waals surface area contributed by atoms with Crippen molar-refractivity contribution in [2.75, 3.05) is 13.2 Å². The molecule has 0 saturated carbocycles. The van der Waals surface area contributed by atoms with Crippen LogP contribution in [-0.2, 0) is 19.1 Å². The van der Waals surface area contributed by atoms with Gasteiger partial charge in [0, 0.05) is 26.3 Å². The number of likely N-dealkylation sites (tertiary alicyclic amines) is 1. The second-order valence-electron chi connectivity index (χ2n) is 4.14. The third kappa shape index (κ3) is 3.84. The molecule has 0 aromatic carbocycles. The molecule has 0 radical (unpaired) electrons. The van der Waals surface area contributed by atoms with Crippen LogP contribution in [0.4, 0.5) is 0 Å². The van der Waals surface area contributed by atoms with Crippen LogP contribution in [0.5, 0.6) is 0 Å². The number of hydrogen-bond donors (Lipinski definition) is 0. The number of Topliss-reactive ketones (excluding diaryl/α,β-unsaturated/α-hetero) is 1. The third-order valence-electron chi connectivity index (χ3n) is 2.90. The largest absolute Gasteiger partial charge is 0.466 e. The van der Waals surface area contributed by atoms with E-state index in [0.29, 0.717) is 32.4 Å². The summed E-state index contributed by atoms with van der Waals surface area (Å²) in [5, 5.41) is 0. The SMILES string of the molecule is CCOC(=O)CCC1C(=O)CCCN1C(C)=O. The molecule has 5 heteroatoms. The first-order valence-electron chi connectivity index (χ1n) is 6.01. The first-order chi connectivity index (χ1) is 8.06. The molecule has 0 aromatic heterocycles. The quantitative estimate of drug-likeness (QED) is 0.686. The zero-order valence-electron chi connectivity index (χ0n) is 10.4. The summed E-state index contributed by atoms with van der Waals surface area (Å²) in [5.41, 5.74) is 0.